The lowest BCUT2D eigenvalue weighted by Crippen LogP contribution is -2.52. The fourth-order valence-electron chi connectivity index (χ4n) is 5.18. The van der Waals surface area contributed by atoms with E-state index in [0.717, 1.165) is 44.7 Å². The van der Waals surface area contributed by atoms with Crippen LogP contribution in [0.5, 0.6) is 0 Å². The van der Waals surface area contributed by atoms with E-state index in [1.165, 1.54) is 12.1 Å². The standard InChI is InChI=1S/C23H32FN3O3/c1-17-16-27(20-5-3-19(24)4-6-20)14-13-25(17)10-7-21-15-23(22(29)30-21)8-11-26(12-9-23)18(2)28/h3-6,17,21H,7-16H2,1-2H3/t17-,21+/m1/s1. The summed E-state index contributed by atoms with van der Waals surface area (Å²) < 4.78 is 18.9. The molecule has 0 unspecified atom stereocenters. The molecular formula is C23H32FN3O3. The number of rotatable bonds is 4. The highest BCUT2D eigenvalue weighted by Gasteiger charge is 2.50. The average molecular weight is 418 g/mol. The number of cyclic esters (lactones) is 1. The molecule has 0 saturated carbocycles. The molecule has 1 aromatic rings. The molecular weight excluding hydrogens is 385 g/mol. The maximum atomic E-state index is 13.2. The normalized spacial score (nSPS) is 26.8. The smallest absolute Gasteiger partial charge is 0.312 e. The number of hydrogen-bond donors (Lipinski definition) is 0. The monoisotopic (exact) mass is 417 g/mol. The fourth-order valence-corrected chi connectivity index (χ4v) is 5.18. The van der Waals surface area contributed by atoms with E-state index in [1.54, 1.807) is 6.92 Å². The number of piperidine rings is 1. The summed E-state index contributed by atoms with van der Waals surface area (Å²) in [6, 6.07) is 7.09. The number of nitrogens with zero attached hydrogens (tertiary/aromatic N) is 3. The van der Waals surface area contributed by atoms with Crippen molar-refractivity contribution in [3.63, 3.8) is 0 Å². The van der Waals surface area contributed by atoms with Crippen molar-refractivity contribution in [2.24, 2.45) is 5.41 Å². The van der Waals surface area contributed by atoms with Crippen LogP contribution in [0.3, 0.4) is 0 Å². The molecule has 0 bridgehead atoms. The average Bonchev–Trinajstić information content (AvgIpc) is 3.03. The van der Waals surface area contributed by atoms with Crippen LogP contribution < -0.4 is 4.90 Å². The third-order valence-electron chi connectivity index (χ3n) is 7.19. The van der Waals surface area contributed by atoms with Crippen molar-refractivity contribution < 1.29 is 18.7 Å². The Bertz CT molecular complexity index is 776. The van der Waals surface area contributed by atoms with Gasteiger partial charge < -0.3 is 14.5 Å². The highest BCUT2D eigenvalue weighted by Crippen LogP contribution is 2.44. The van der Waals surface area contributed by atoms with Crippen LogP contribution in [0.2, 0.25) is 0 Å². The van der Waals surface area contributed by atoms with Crippen molar-refractivity contribution >= 4 is 17.6 Å². The summed E-state index contributed by atoms with van der Waals surface area (Å²) >= 11 is 0. The Balaban J connectivity index is 1.26. The largest absolute Gasteiger partial charge is 0.462 e. The van der Waals surface area contributed by atoms with E-state index in [4.69, 9.17) is 4.74 Å². The summed E-state index contributed by atoms with van der Waals surface area (Å²) in [6.45, 7) is 8.77. The predicted octanol–water partition coefficient (Wildman–Crippen LogP) is 2.67. The van der Waals surface area contributed by atoms with Gasteiger partial charge in [0, 0.05) is 64.3 Å². The molecule has 1 spiro atoms. The summed E-state index contributed by atoms with van der Waals surface area (Å²) in [6.07, 6.45) is 3.04. The zero-order chi connectivity index (χ0) is 21.3. The second-order valence-electron chi connectivity index (χ2n) is 9.11. The Morgan fingerprint density at radius 2 is 1.87 bits per heavy atom. The molecule has 3 fully saturated rings. The third kappa shape index (κ3) is 4.31. The van der Waals surface area contributed by atoms with Crippen molar-refractivity contribution in [1.82, 2.24) is 9.80 Å². The number of halogens is 1. The maximum absolute atomic E-state index is 13.2. The number of hydrogen-bond acceptors (Lipinski definition) is 5. The van der Waals surface area contributed by atoms with Crippen molar-refractivity contribution in [2.75, 3.05) is 44.2 Å². The van der Waals surface area contributed by atoms with Gasteiger partial charge in [-0.05, 0) is 50.5 Å². The number of ether oxygens (including phenoxy) is 1. The molecule has 0 N–H and O–H groups in total. The zero-order valence-electron chi connectivity index (χ0n) is 18.0. The minimum Gasteiger partial charge on any atom is -0.462 e. The van der Waals surface area contributed by atoms with Crippen LogP contribution in [-0.2, 0) is 14.3 Å². The second-order valence-corrected chi connectivity index (χ2v) is 9.11. The van der Waals surface area contributed by atoms with Crippen LogP contribution in [0.4, 0.5) is 10.1 Å². The Morgan fingerprint density at radius 1 is 1.17 bits per heavy atom. The van der Waals surface area contributed by atoms with Crippen LogP contribution in [-0.4, -0.2) is 73.1 Å². The van der Waals surface area contributed by atoms with Gasteiger partial charge in [0.15, 0.2) is 0 Å². The van der Waals surface area contributed by atoms with Gasteiger partial charge in [0.2, 0.25) is 5.91 Å². The van der Waals surface area contributed by atoms with Gasteiger partial charge in [-0.15, -0.1) is 0 Å². The summed E-state index contributed by atoms with van der Waals surface area (Å²) in [5.41, 5.74) is 0.676. The zero-order valence-corrected chi connectivity index (χ0v) is 18.0. The molecule has 2 atom stereocenters. The van der Waals surface area contributed by atoms with Gasteiger partial charge in [-0.25, -0.2) is 4.39 Å². The SMILES string of the molecule is CC(=O)N1CCC2(CC1)C[C@H](CCN1CCN(c3ccc(F)cc3)C[C@H]1C)OC2=O. The van der Waals surface area contributed by atoms with Gasteiger partial charge in [-0.1, -0.05) is 0 Å². The Hall–Kier alpha value is -2.15. The minimum absolute atomic E-state index is 0.0243. The van der Waals surface area contributed by atoms with Crippen LogP contribution in [0.15, 0.2) is 24.3 Å². The van der Waals surface area contributed by atoms with Crippen LogP contribution in [0.1, 0.15) is 39.5 Å². The maximum Gasteiger partial charge on any atom is 0.312 e. The van der Waals surface area contributed by atoms with E-state index < -0.39 is 0 Å². The molecule has 0 radical (unpaired) electrons. The number of likely N-dealkylation sites (tertiary alicyclic amines) is 1. The second kappa shape index (κ2) is 8.53. The number of amides is 1. The number of piperazine rings is 1. The van der Waals surface area contributed by atoms with Gasteiger partial charge in [0.05, 0.1) is 5.41 Å². The number of carbonyl (C=O) groups excluding carboxylic acids is 2. The third-order valence-corrected chi connectivity index (χ3v) is 7.19. The lowest BCUT2D eigenvalue weighted by atomic mass is 9.75. The van der Waals surface area contributed by atoms with Gasteiger partial charge in [-0.3, -0.25) is 14.5 Å². The first-order chi connectivity index (χ1) is 14.4. The molecule has 6 nitrogen and oxygen atoms in total. The molecule has 3 saturated heterocycles. The van der Waals surface area contributed by atoms with Crippen molar-refractivity contribution in [3.05, 3.63) is 30.1 Å². The van der Waals surface area contributed by atoms with Gasteiger partial charge in [0.25, 0.3) is 0 Å². The first kappa shape index (κ1) is 21.1. The summed E-state index contributed by atoms with van der Waals surface area (Å²) in [4.78, 5) is 30.8. The summed E-state index contributed by atoms with van der Waals surface area (Å²) in [5.74, 6) is -0.187. The molecule has 0 aliphatic carbocycles. The molecule has 1 aromatic carbocycles. The van der Waals surface area contributed by atoms with Gasteiger partial charge >= 0.3 is 5.97 Å². The molecule has 1 amide bonds. The molecule has 4 rings (SSSR count). The summed E-state index contributed by atoms with van der Waals surface area (Å²) in [7, 11) is 0. The Kier molecular flexibility index (Phi) is 6.00. The van der Waals surface area contributed by atoms with Gasteiger partial charge in [-0.2, -0.15) is 0 Å². The van der Waals surface area contributed by atoms with Crippen LogP contribution >= 0.6 is 0 Å². The quantitative estimate of drug-likeness (QED) is 0.705. The molecule has 3 aliphatic heterocycles. The molecule has 3 heterocycles. The molecule has 164 valence electrons. The van der Waals surface area contributed by atoms with Crippen LogP contribution in [0.25, 0.3) is 0 Å². The Morgan fingerprint density at radius 3 is 2.50 bits per heavy atom. The Labute approximate surface area is 177 Å². The summed E-state index contributed by atoms with van der Waals surface area (Å²) in [5, 5.41) is 0. The van der Waals surface area contributed by atoms with Crippen LogP contribution in [0, 0.1) is 11.2 Å². The fraction of sp³-hybridized carbons (Fsp3) is 0.652. The van der Waals surface area contributed by atoms with E-state index in [9.17, 15) is 14.0 Å². The molecule has 3 aliphatic rings. The number of carbonyl (C=O) groups is 2. The highest BCUT2D eigenvalue weighted by molar-refractivity contribution is 5.80. The molecule has 0 aromatic heterocycles. The first-order valence-corrected chi connectivity index (χ1v) is 11.1. The molecule has 30 heavy (non-hydrogen) atoms. The van der Waals surface area contributed by atoms with Crippen molar-refractivity contribution in [1.29, 1.82) is 0 Å². The van der Waals surface area contributed by atoms with E-state index >= 15 is 0 Å². The molecule has 7 heteroatoms. The topological polar surface area (TPSA) is 53.1 Å². The van der Waals surface area contributed by atoms with E-state index in [1.807, 2.05) is 17.0 Å². The van der Waals surface area contributed by atoms with Gasteiger partial charge in [0.1, 0.15) is 11.9 Å². The lowest BCUT2D eigenvalue weighted by molar-refractivity contribution is -0.152. The first-order valence-electron chi connectivity index (χ1n) is 11.1. The van der Waals surface area contributed by atoms with Crippen molar-refractivity contribution in [3.8, 4) is 0 Å². The number of anilines is 1. The van der Waals surface area contributed by atoms with Crippen molar-refractivity contribution in [2.45, 2.75) is 51.7 Å². The van der Waals surface area contributed by atoms with E-state index in [0.29, 0.717) is 32.0 Å². The number of benzene rings is 1. The van der Waals surface area contributed by atoms with E-state index in [2.05, 4.69) is 16.7 Å². The highest BCUT2D eigenvalue weighted by atomic mass is 19.1. The van der Waals surface area contributed by atoms with E-state index in [-0.39, 0.29) is 29.2 Å². The predicted molar refractivity (Wildman–Crippen MR) is 113 cm³/mol. The number of esters is 1. The minimum atomic E-state index is -0.385. The lowest BCUT2D eigenvalue weighted by Gasteiger charge is -2.41.